The molecule has 0 aliphatic carbocycles. The van der Waals surface area contributed by atoms with Crippen LogP contribution in [0.2, 0.25) is 0 Å². The van der Waals surface area contributed by atoms with Crippen LogP contribution in [0.4, 0.5) is 8.78 Å². The van der Waals surface area contributed by atoms with Crippen molar-refractivity contribution >= 4 is 0 Å². The van der Waals surface area contributed by atoms with Crippen molar-refractivity contribution in [2.75, 3.05) is 19.6 Å². The minimum absolute atomic E-state index is 0.135. The topological polar surface area (TPSA) is 68.2 Å². The van der Waals surface area contributed by atoms with Crippen LogP contribution in [0.25, 0.3) is 11.5 Å². The molecule has 1 aliphatic heterocycles. The Morgan fingerprint density at radius 1 is 1.33 bits per heavy atom. The maximum absolute atomic E-state index is 12.3. The third kappa shape index (κ3) is 3.63. The second kappa shape index (κ2) is 6.30. The minimum atomic E-state index is -2.26. The first-order chi connectivity index (χ1) is 10.2. The Morgan fingerprint density at radius 3 is 2.81 bits per heavy atom. The van der Waals surface area contributed by atoms with E-state index in [4.69, 9.17) is 8.94 Å². The van der Waals surface area contributed by atoms with Crippen molar-refractivity contribution in [3.8, 4) is 11.5 Å². The number of aromatic nitrogens is 3. The summed E-state index contributed by atoms with van der Waals surface area (Å²) in [6.45, 7) is 1.25. The van der Waals surface area contributed by atoms with Crippen LogP contribution in [0.15, 0.2) is 21.6 Å². The molecule has 0 amide bonds. The van der Waals surface area contributed by atoms with Gasteiger partial charge in [0.15, 0.2) is 6.39 Å². The van der Waals surface area contributed by atoms with E-state index in [0.717, 1.165) is 12.8 Å². The molecule has 0 spiro atoms. The number of hydrogen-bond donors (Lipinski definition) is 0. The molecule has 21 heavy (non-hydrogen) atoms. The van der Waals surface area contributed by atoms with Gasteiger partial charge in [-0.15, -0.1) is 0 Å². The molecule has 2 aromatic rings. The molecule has 0 unspecified atom stereocenters. The Bertz CT molecular complexity index is 550. The molecule has 3 rings (SSSR count). The fourth-order valence-corrected chi connectivity index (χ4v) is 2.58. The largest absolute Gasteiger partial charge is 0.451 e. The van der Waals surface area contributed by atoms with E-state index < -0.39 is 6.43 Å². The van der Waals surface area contributed by atoms with Crippen LogP contribution < -0.4 is 0 Å². The first-order valence-corrected chi connectivity index (χ1v) is 6.92. The van der Waals surface area contributed by atoms with E-state index in [2.05, 4.69) is 15.1 Å². The molecule has 1 fully saturated rings. The van der Waals surface area contributed by atoms with Crippen LogP contribution in [-0.2, 0) is 6.42 Å². The van der Waals surface area contributed by atoms with Gasteiger partial charge in [0.2, 0.25) is 11.7 Å². The molecule has 2 aromatic heterocycles. The standard InChI is InChI=1S/C13H16F2N4O2/c14-11(15)6-19-3-1-9(2-4-19)5-12-17-13(18-21-12)10-7-20-8-16-10/h7-9,11H,1-6H2. The van der Waals surface area contributed by atoms with Crippen molar-refractivity contribution in [1.82, 2.24) is 20.0 Å². The van der Waals surface area contributed by atoms with Crippen molar-refractivity contribution in [1.29, 1.82) is 0 Å². The molecular formula is C13H16F2N4O2. The summed E-state index contributed by atoms with van der Waals surface area (Å²) >= 11 is 0. The van der Waals surface area contributed by atoms with Crippen molar-refractivity contribution in [3.63, 3.8) is 0 Å². The maximum atomic E-state index is 12.3. The van der Waals surface area contributed by atoms with E-state index >= 15 is 0 Å². The zero-order valence-electron chi connectivity index (χ0n) is 11.4. The number of nitrogens with zero attached hydrogens (tertiary/aromatic N) is 4. The number of rotatable bonds is 5. The maximum Gasteiger partial charge on any atom is 0.251 e. The highest BCUT2D eigenvalue weighted by Gasteiger charge is 2.23. The van der Waals surface area contributed by atoms with Crippen molar-refractivity contribution < 1.29 is 17.7 Å². The summed E-state index contributed by atoms with van der Waals surface area (Å²) in [6, 6.07) is 0. The average Bonchev–Trinajstić information content (AvgIpc) is 3.11. The van der Waals surface area contributed by atoms with Crippen LogP contribution in [0.5, 0.6) is 0 Å². The van der Waals surface area contributed by atoms with E-state index in [0.29, 0.717) is 42.8 Å². The summed E-state index contributed by atoms with van der Waals surface area (Å²) in [6.07, 6.45) is 2.92. The molecule has 8 heteroatoms. The van der Waals surface area contributed by atoms with E-state index in [9.17, 15) is 8.78 Å². The van der Waals surface area contributed by atoms with Crippen LogP contribution in [0.1, 0.15) is 18.7 Å². The molecule has 1 saturated heterocycles. The summed E-state index contributed by atoms with van der Waals surface area (Å²) in [5.41, 5.74) is 0.539. The van der Waals surface area contributed by atoms with Gasteiger partial charge in [-0.25, -0.2) is 13.8 Å². The van der Waals surface area contributed by atoms with Crippen LogP contribution >= 0.6 is 0 Å². The highest BCUT2D eigenvalue weighted by molar-refractivity contribution is 5.44. The zero-order chi connectivity index (χ0) is 14.7. The molecule has 0 N–H and O–H groups in total. The molecule has 0 aromatic carbocycles. The predicted molar refractivity (Wildman–Crippen MR) is 68.7 cm³/mol. The number of likely N-dealkylation sites (tertiary alicyclic amines) is 1. The highest BCUT2D eigenvalue weighted by atomic mass is 19.3. The van der Waals surface area contributed by atoms with Gasteiger partial charge in [-0.05, 0) is 31.8 Å². The van der Waals surface area contributed by atoms with E-state index in [1.54, 1.807) is 4.90 Å². The number of halogens is 2. The lowest BCUT2D eigenvalue weighted by molar-refractivity contribution is 0.0681. The van der Waals surface area contributed by atoms with E-state index in [1.807, 2.05) is 0 Å². The summed E-state index contributed by atoms with van der Waals surface area (Å²) in [5, 5.41) is 3.86. The third-order valence-corrected chi connectivity index (χ3v) is 3.70. The molecule has 1 aliphatic rings. The Kier molecular flexibility index (Phi) is 4.23. The van der Waals surface area contributed by atoms with Gasteiger partial charge in [-0.2, -0.15) is 4.98 Å². The fraction of sp³-hybridized carbons (Fsp3) is 0.615. The second-order valence-electron chi connectivity index (χ2n) is 5.22. The van der Waals surface area contributed by atoms with Gasteiger partial charge in [-0.3, -0.25) is 4.90 Å². The molecule has 0 bridgehead atoms. The Balaban J connectivity index is 1.52. The quantitative estimate of drug-likeness (QED) is 0.843. The van der Waals surface area contributed by atoms with Crippen LogP contribution in [0, 0.1) is 5.92 Å². The first kappa shape index (κ1) is 14.1. The van der Waals surface area contributed by atoms with Crippen LogP contribution in [-0.4, -0.2) is 46.1 Å². The van der Waals surface area contributed by atoms with Gasteiger partial charge in [0.05, 0.1) is 6.54 Å². The van der Waals surface area contributed by atoms with Crippen molar-refractivity contribution in [2.24, 2.45) is 5.92 Å². The van der Waals surface area contributed by atoms with Crippen LogP contribution in [0.3, 0.4) is 0 Å². The molecule has 0 atom stereocenters. The highest BCUT2D eigenvalue weighted by Crippen LogP contribution is 2.22. The Hall–Kier alpha value is -1.83. The molecule has 6 nitrogen and oxygen atoms in total. The van der Waals surface area contributed by atoms with Gasteiger partial charge in [-0.1, -0.05) is 5.16 Å². The predicted octanol–water partition coefficient (Wildman–Crippen LogP) is 2.24. The van der Waals surface area contributed by atoms with Gasteiger partial charge < -0.3 is 8.94 Å². The summed E-state index contributed by atoms with van der Waals surface area (Å²) in [7, 11) is 0. The van der Waals surface area contributed by atoms with Gasteiger partial charge in [0, 0.05) is 6.42 Å². The molecule has 114 valence electrons. The fourth-order valence-electron chi connectivity index (χ4n) is 2.58. The van der Waals surface area contributed by atoms with Gasteiger partial charge >= 0.3 is 0 Å². The number of hydrogen-bond acceptors (Lipinski definition) is 6. The lowest BCUT2D eigenvalue weighted by Gasteiger charge is -2.30. The minimum Gasteiger partial charge on any atom is -0.451 e. The second-order valence-corrected chi connectivity index (χ2v) is 5.22. The van der Waals surface area contributed by atoms with E-state index in [1.165, 1.54) is 12.7 Å². The SMILES string of the molecule is FC(F)CN1CCC(Cc2nc(-c3cocn3)no2)CC1. The molecule has 3 heterocycles. The number of piperidine rings is 1. The first-order valence-electron chi connectivity index (χ1n) is 6.92. The summed E-state index contributed by atoms with van der Waals surface area (Å²) in [4.78, 5) is 10.0. The normalized spacial score (nSPS) is 17.7. The third-order valence-electron chi connectivity index (χ3n) is 3.70. The molecule has 0 saturated carbocycles. The van der Waals surface area contributed by atoms with Crippen molar-refractivity contribution in [3.05, 3.63) is 18.5 Å². The van der Waals surface area contributed by atoms with Crippen molar-refractivity contribution in [2.45, 2.75) is 25.7 Å². The Morgan fingerprint density at radius 2 is 2.14 bits per heavy atom. The lowest BCUT2D eigenvalue weighted by atomic mass is 9.93. The smallest absolute Gasteiger partial charge is 0.251 e. The Labute approximate surface area is 120 Å². The monoisotopic (exact) mass is 298 g/mol. The van der Waals surface area contributed by atoms with Gasteiger partial charge in [0.25, 0.3) is 6.43 Å². The zero-order valence-corrected chi connectivity index (χ0v) is 11.4. The molecule has 0 radical (unpaired) electrons. The number of oxazole rings is 1. The van der Waals surface area contributed by atoms with Gasteiger partial charge in [0.1, 0.15) is 12.0 Å². The van der Waals surface area contributed by atoms with E-state index in [-0.39, 0.29) is 6.54 Å². The molecular weight excluding hydrogens is 282 g/mol. The lowest BCUT2D eigenvalue weighted by Crippen LogP contribution is -2.37. The average molecular weight is 298 g/mol. The summed E-state index contributed by atoms with van der Waals surface area (Å²) in [5.74, 6) is 1.36. The number of alkyl halides is 2. The summed E-state index contributed by atoms with van der Waals surface area (Å²) < 4.78 is 34.7.